The SMILES string of the molecule is OCc1ccc(CNCC(O)CO)cc1. The first kappa shape index (κ1) is 12.1. The summed E-state index contributed by atoms with van der Waals surface area (Å²) in [5.41, 5.74) is 1.96. The summed E-state index contributed by atoms with van der Waals surface area (Å²) >= 11 is 0. The van der Waals surface area contributed by atoms with Crippen LogP contribution in [0.15, 0.2) is 24.3 Å². The van der Waals surface area contributed by atoms with Crippen molar-refractivity contribution in [1.82, 2.24) is 5.32 Å². The summed E-state index contributed by atoms with van der Waals surface area (Å²) in [6.45, 7) is 0.842. The molecule has 1 atom stereocenters. The fraction of sp³-hybridized carbons (Fsp3) is 0.455. The molecule has 1 aromatic rings. The van der Waals surface area contributed by atoms with Gasteiger partial charge in [0.25, 0.3) is 0 Å². The van der Waals surface area contributed by atoms with Gasteiger partial charge in [-0.05, 0) is 11.1 Å². The molecule has 0 saturated carbocycles. The fourth-order valence-corrected chi connectivity index (χ4v) is 1.21. The lowest BCUT2D eigenvalue weighted by Gasteiger charge is -2.09. The summed E-state index contributed by atoms with van der Waals surface area (Å²) in [6, 6.07) is 7.56. The van der Waals surface area contributed by atoms with Gasteiger partial charge in [0, 0.05) is 13.1 Å². The normalized spacial score (nSPS) is 12.7. The maximum absolute atomic E-state index is 9.07. The summed E-state index contributed by atoms with van der Waals surface area (Å²) < 4.78 is 0. The van der Waals surface area contributed by atoms with Gasteiger partial charge < -0.3 is 20.6 Å². The van der Waals surface area contributed by atoms with E-state index in [-0.39, 0.29) is 13.2 Å². The molecule has 84 valence electrons. The predicted octanol–water partition coefficient (Wildman–Crippen LogP) is -0.378. The molecular formula is C11H17NO3. The molecule has 4 nitrogen and oxygen atoms in total. The van der Waals surface area contributed by atoms with Gasteiger partial charge in [0.1, 0.15) is 0 Å². The third-order valence-corrected chi connectivity index (χ3v) is 2.13. The Morgan fingerprint density at radius 1 is 1.07 bits per heavy atom. The molecule has 0 bridgehead atoms. The van der Waals surface area contributed by atoms with E-state index in [0.717, 1.165) is 11.1 Å². The monoisotopic (exact) mass is 211 g/mol. The number of aliphatic hydroxyl groups excluding tert-OH is 3. The molecule has 15 heavy (non-hydrogen) atoms. The van der Waals surface area contributed by atoms with Crippen LogP contribution in [0.25, 0.3) is 0 Å². The zero-order valence-electron chi connectivity index (χ0n) is 8.56. The fourth-order valence-electron chi connectivity index (χ4n) is 1.21. The van der Waals surface area contributed by atoms with Crippen LogP contribution in [-0.2, 0) is 13.2 Å². The third-order valence-electron chi connectivity index (χ3n) is 2.13. The van der Waals surface area contributed by atoms with Crippen molar-refractivity contribution in [3.8, 4) is 0 Å². The highest BCUT2D eigenvalue weighted by atomic mass is 16.3. The largest absolute Gasteiger partial charge is 0.394 e. The molecule has 1 aromatic carbocycles. The minimum atomic E-state index is -0.707. The zero-order valence-corrected chi connectivity index (χ0v) is 8.56. The van der Waals surface area contributed by atoms with Gasteiger partial charge in [0.2, 0.25) is 0 Å². The quantitative estimate of drug-likeness (QED) is 0.517. The minimum absolute atomic E-state index is 0.0525. The van der Waals surface area contributed by atoms with Crippen LogP contribution in [0, 0.1) is 0 Å². The first-order valence-electron chi connectivity index (χ1n) is 4.94. The zero-order chi connectivity index (χ0) is 11.1. The van der Waals surface area contributed by atoms with Crippen molar-refractivity contribution in [1.29, 1.82) is 0 Å². The van der Waals surface area contributed by atoms with E-state index in [1.807, 2.05) is 24.3 Å². The Bertz CT molecular complexity index is 274. The van der Waals surface area contributed by atoms with E-state index in [1.165, 1.54) is 0 Å². The standard InChI is InChI=1S/C11H17NO3/c13-7-10-3-1-9(2-4-10)5-12-6-11(15)8-14/h1-4,11-15H,5-8H2. The van der Waals surface area contributed by atoms with Gasteiger partial charge in [-0.3, -0.25) is 0 Å². The Labute approximate surface area is 89.2 Å². The number of hydrogen-bond donors (Lipinski definition) is 4. The molecule has 1 rings (SSSR count). The molecule has 0 radical (unpaired) electrons. The van der Waals surface area contributed by atoms with E-state index in [9.17, 15) is 0 Å². The Morgan fingerprint density at radius 2 is 1.67 bits per heavy atom. The molecular weight excluding hydrogens is 194 g/mol. The van der Waals surface area contributed by atoms with Gasteiger partial charge in [0.15, 0.2) is 0 Å². The van der Waals surface area contributed by atoms with Crippen molar-refractivity contribution in [2.45, 2.75) is 19.3 Å². The van der Waals surface area contributed by atoms with Crippen LogP contribution in [0.1, 0.15) is 11.1 Å². The topological polar surface area (TPSA) is 72.7 Å². The van der Waals surface area contributed by atoms with Gasteiger partial charge in [-0.25, -0.2) is 0 Å². The Hall–Kier alpha value is -0.940. The van der Waals surface area contributed by atoms with E-state index in [4.69, 9.17) is 15.3 Å². The van der Waals surface area contributed by atoms with Gasteiger partial charge in [-0.1, -0.05) is 24.3 Å². The van der Waals surface area contributed by atoms with E-state index in [0.29, 0.717) is 13.1 Å². The highest BCUT2D eigenvalue weighted by Gasteiger charge is 2.00. The molecule has 0 aromatic heterocycles. The smallest absolute Gasteiger partial charge is 0.0895 e. The number of hydrogen-bond acceptors (Lipinski definition) is 4. The van der Waals surface area contributed by atoms with Crippen molar-refractivity contribution in [2.24, 2.45) is 0 Å². The van der Waals surface area contributed by atoms with E-state index < -0.39 is 6.10 Å². The Balaban J connectivity index is 2.31. The van der Waals surface area contributed by atoms with Crippen LogP contribution in [0.5, 0.6) is 0 Å². The Kier molecular flexibility index (Phi) is 5.28. The van der Waals surface area contributed by atoms with E-state index in [1.54, 1.807) is 0 Å². The summed E-state index contributed by atoms with van der Waals surface area (Å²) in [7, 11) is 0. The second kappa shape index (κ2) is 6.53. The first-order valence-corrected chi connectivity index (χ1v) is 4.94. The van der Waals surface area contributed by atoms with Crippen LogP contribution in [0.4, 0.5) is 0 Å². The molecule has 0 saturated heterocycles. The molecule has 1 unspecified atom stereocenters. The van der Waals surface area contributed by atoms with Gasteiger partial charge in [-0.2, -0.15) is 0 Å². The summed E-state index contributed by atoms with van der Waals surface area (Å²) in [5.74, 6) is 0. The first-order chi connectivity index (χ1) is 7.26. The lowest BCUT2D eigenvalue weighted by Crippen LogP contribution is -2.28. The van der Waals surface area contributed by atoms with Gasteiger partial charge in [0.05, 0.1) is 19.3 Å². The second-order valence-corrected chi connectivity index (χ2v) is 3.44. The van der Waals surface area contributed by atoms with E-state index >= 15 is 0 Å². The predicted molar refractivity (Wildman–Crippen MR) is 57.2 cm³/mol. The van der Waals surface area contributed by atoms with Crippen LogP contribution in [0.2, 0.25) is 0 Å². The average Bonchev–Trinajstić information content (AvgIpc) is 2.29. The minimum Gasteiger partial charge on any atom is -0.394 e. The number of rotatable bonds is 6. The van der Waals surface area contributed by atoms with Crippen LogP contribution >= 0.6 is 0 Å². The molecule has 0 aliphatic heterocycles. The summed E-state index contributed by atoms with van der Waals surface area (Å²) in [5, 5.41) is 29.5. The number of benzene rings is 1. The lowest BCUT2D eigenvalue weighted by molar-refractivity contribution is 0.0942. The van der Waals surface area contributed by atoms with E-state index in [2.05, 4.69) is 5.32 Å². The molecule has 0 spiro atoms. The van der Waals surface area contributed by atoms with Gasteiger partial charge in [-0.15, -0.1) is 0 Å². The molecule has 0 aliphatic rings. The molecule has 0 amide bonds. The Morgan fingerprint density at radius 3 is 2.20 bits per heavy atom. The second-order valence-electron chi connectivity index (χ2n) is 3.44. The van der Waals surface area contributed by atoms with Crippen molar-refractivity contribution in [3.63, 3.8) is 0 Å². The summed E-state index contributed by atoms with van der Waals surface area (Å²) in [6.07, 6.45) is -0.707. The number of aliphatic hydroxyl groups is 3. The maximum Gasteiger partial charge on any atom is 0.0895 e. The third kappa shape index (κ3) is 4.40. The van der Waals surface area contributed by atoms with Crippen LogP contribution < -0.4 is 5.32 Å². The van der Waals surface area contributed by atoms with Crippen molar-refractivity contribution in [3.05, 3.63) is 35.4 Å². The van der Waals surface area contributed by atoms with Crippen LogP contribution in [0.3, 0.4) is 0 Å². The number of nitrogens with one attached hydrogen (secondary N) is 1. The lowest BCUT2D eigenvalue weighted by atomic mass is 10.1. The molecule has 0 fully saturated rings. The van der Waals surface area contributed by atoms with Crippen molar-refractivity contribution >= 4 is 0 Å². The average molecular weight is 211 g/mol. The molecule has 4 heteroatoms. The molecule has 0 aliphatic carbocycles. The maximum atomic E-state index is 9.07. The van der Waals surface area contributed by atoms with Crippen molar-refractivity contribution in [2.75, 3.05) is 13.2 Å². The van der Waals surface area contributed by atoms with Crippen molar-refractivity contribution < 1.29 is 15.3 Å². The highest BCUT2D eigenvalue weighted by molar-refractivity contribution is 5.21. The molecule has 4 N–H and O–H groups in total. The van der Waals surface area contributed by atoms with Crippen LogP contribution in [-0.4, -0.2) is 34.6 Å². The van der Waals surface area contributed by atoms with Gasteiger partial charge >= 0.3 is 0 Å². The highest BCUT2D eigenvalue weighted by Crippen LogP contribution is 2.03. The summed E-state index contributed by atoms with van der Waals surface area (Å²) in [4.78, 5) is 0. The molecule has 0 heterocycles.